The molecular weight excluding hydrogens is 170 g/mol. The van der Waals surface area contributed by atoms with Crippen LogP contribution in [0.2, 0.25) is 0 Å². The summed E-state index contributed by atoms with van der Waals surface area (Å²) in [7, 11) is 1.58. The number of ketones is 1. The molecule has 1 unspecified atom stereocenters. The van der Waals surface area contributed by atoms with Crippen LogP contribution in [0.15, 0.2) is 0 Å². The van der Waals surface area contributed by atoms with Gasteiger partial charge >= 0.3 is 5.97 Å². The molecule has 0 aliphatic rings. The Bertz CT molecular complexity index is 162. The topological polar surface area (TPSA) is 55.4 Å². The first kappa shape index (κ1) is 12.1. The minimum Gasteiger partial charge on any atom is -0.464 e. The Kier molecular flexibility index (Phi) is 6.14. The molecule has 0 bridgehead atoms. The molecule has 0 amide bonds. The molecule has 0 rings (SSSR count). The molecule has 76 valence electrons. The first-order valence-electron chi connectivity index (χ1n) is 4.53. The zero-order chi connectivity index (χ0) is 10.3. The van der Waals surface area contributed by atoms with Gasteiger partial charge in [0.25, 0.3) is 0 Å². The molecule has 1 N–H and O–H groups in total. The van der Waals surface area contributed by atoms with Crippen LogP contribution in [0.4, 0.5) is 0 Å². The highest BCUT2D eigenvalue weighted by Crippen LogP contribution is 1.97. The summed E-state index contributed by atoms with van der Waals surface area (Å²) in [5.74, 6) is -0.591. The standard InChI is InChI=1S/C9H17NO3/c1-4-6-7(11)8(10-3)9(12)13-5-2/h8,10H,4-6H2,1-3H3. The number of ether oxygens (including phenoxy) is 1. The van der Waals surface area contributed by atoms with Crippen molar-refractivity contribution >= 4 is 11.8 Å². The summed E-state index contributed by atoms with van der Waals surface area (Å²) >= 11 is 0. The lowest BCUT2D eigenvalue weighted by molar-refractivity contribution is -0.148. The number of hydrogen-bond donors (Lipinski definition) is 1. The lowest BCUT2D eigenvalue weighted by atomic mass is 10.1. The number of nitrogens with one attached hydrogen (secondary N) is 1. The number of carbonyl (C=O) groups excluding carboxylic acids is 2. The maximum absolute atomic E-state index is 11.3. The van der Waals surface area contributed by atoms with Crippen molar-refractivity contribution in [2.24, 2.45) is 0 Å². The van der Waals surface area contributed by atoms with Gasteiger partial charge in [-0.2, -0.15) is 0 Å². The van der Waals surface area contributed by atoms with Crippen LogP contribution in [0.3, 0.4) is 0 Å². The Morgan fingerprint density at radius 1 is 1.38 bits per heavy atom. The normalized spacial score (nSPS) is 12.2. The van der Waals surface area contributed by atoms with E-state index in [2.05, 4.69) is 5.32 Å². The van der Waals surface area contributed by atoms with Crippen molar-refractivity contribution < 1.29 is 14.3 Å². The first-order chi connectivity index (χ1) is 6.17. The van der Waals surface area contributed by atoms with E-state index in [1.807, 2.05) is 6.92 Å². The summed E-state index contributed by atoms with van der Waals surface area (Å²) in [6, 6.07) is -0.792. The van der Waals surface area contributed by atoms with E-state index in [0.717, 1.165) is 6.42 Å². The molecular formula is C9H17NO3. The smallest absolute Gasteiger partial charge is 0.330 e. The van der Waals surface area contributed by atoms with Gasteiger partial charge in [0.1, 0.15) is 0 Å². The minimum absolute atomic E-state index is 0.108. The van der Waals surface area contributed by atoms with Gasteiger partial charge in [-0.1, -0.05) is 6.92 Å². The highest BCUT2D eigenvalue weighted by molar-refractivity contribution is 6.03. The summed E-state index contributed by atoms with van der Waals surface area (Å²) in [6.45, 7) is 3.92. The van der Waals surface area contributed by atoms with E-state index in [0.29, 0.717) is 13.0 Å². The summed E-state index contributed by atoms with van der Waals surface area (Å²) in [4.78, 5) is 22.5. The van der Waals surface area contributed by atoms with Gasteiger partial charge in [-0.05, 0) is 20.4 Å². The van der Waals surface area contributed by atoms with Crippen molar-refractivity contribution in [1.29, 1.82) is 0 Å². The first-order valence-corrected chi connectivity index (χ1v) is 4.53. The molecule has 0 heterocycles. The fourth-order valence-corrected chi connectivity index (χ4v) is 1.03. The van der Waals surface area contributed by atoms with Crippen LogP contribution in [0.25, 0.3) is 0 Å². The van der Waals surface area contributed by atoms with Crippen molar-refractivity contribution in [2.75, 3.05) is 13.7 Å². The van der Waals surface area contributed by atoms with E-state index in [9.17, 15) is 9.59 Å². The van der Waals surface area contributed by atoms with E-state index in [1.165, 1.54) is 0 Å². The molecule has 0 saturated heterocycles. The molecule has 0 fully saturated rings. The lowest BCUT2D eigenvalue weighted by Crippen LogP contribution is -2.42. The monoisotopic (exact) mass is 187 g/mol. The molecule has 0 radical (unpaired) electrons. The van der Waals surface area contributed by atoms with E-state index < -0.39 is 12.0 Å². The Hall–Kier alpha value is -0.900. The highest BCUT2D eigenvalue weighted by atomic mass is 16.5. The van der Waals surface area contributed by atoms with Gasteiger partial charge in [-0.25, -0.2) is 4.79 Å². The predicted octanol–water partition coefficient (Wildman–Crippen LogP) is 0.507. The Labute approximate surface area is 78.6 Å². The average molecular weight is 187 g/mol. The van der Waals surface area contributed by atoms with E-state index in [4.69, 9.17) is 4.74 Å². The Morgan fingerprint density at radius 2 is 2.00 bits per heavy atom. The second kappa shape index (κ2) is 6.60. The third kappa shape index (κ3) is 4.03. The van der Waals surface area contributed by atoms with E-state index in [-0.39, 0.29) is 5.78 Å². The quantitative estimate of drug-likeness (QED) is 0.486. The van der Waals surface area contributed by atoms with Gasteiger partial charge < -0.3 is 10.1 Å². The van der Waals surface area contributed by atoms with Crippen LogP contribution in [-0.2, 0) is 14.3 Å². The zero-order valence-electron chi connectivity index (χ0n) is 8.42. The van der Waals surface area contributed by atoms with Crippen LogP contribution in [-0.4, -0.2) is 31.4 Å². The number of esters is 1. The second-order valence-electron chi connectivity index (χ2n) is 2.69. The van der Waals surface area contributed by atoms with Gasteiger partial charge in [-0.15, -0.1) is 0 Å². The molecule has 1 atom stereocenters. The molecule has 4 heteroatoms. The summed E-state index contributed by atoms with van der Waals surface area (Å²) in [5, 5.41) is 2.65. The van der Waals surface area contributed by atoms with Gasteiger partial charge in [0, 0.05) is 6.42 Å². The van der Waals surface area contributed by atoms with Gasteiger partial charge in [0.15, 0.2) is 11.8 Å². The molecule has 0 aliphatic heterocycles. The molecule has 0 aromatic carbocycles. The number of carbonyl (C=O) groups is 2. The highest BCUT2D eigenvalue weighted by Gasteiger charge is 2.24. The maximum Gasteiger partial charge on any atom is 0.330 e. The van der Waals surface area contributed by atoms with Crippen molar-refractivity contribution in [3.05, 3.63) is 0 Å². The minimum atomic E-state index is -0.792. The van der Waals surface area contributed by atoms with Gasteiger partial charge in [-0.3, -0.25) is 4.79 Å². The second-order valence-corrected chi connectivity index (χ2v) is 2.69. The molecule has 0 aromatic rings. The van der Waals surface area contributed by atoms with Crippen LogP contribution >= 0.6 is 0 Å². The lowest BCUT2D eigenvalue weighted by Gasteiger charge is -2.12. The van der Waals surface area contributed by atoms with Crippen molar-refractivity contribution in [2.45, 2.75) is 32.7 Å². The van der Waals surface area contributed by atoms with E-state index in [1.54, 1.807) is 14.0 Å². The molecule has 0 saturated carbocycles. The number of hydrogen-bond acceptors (Lipinski definition) is 4. The van der Waals surface area contributed by atoms with Gasteiger partial charge in [0.05, 0.1) is 6.61 Å². The largest absolute Gasteiger partial charge is 0.464 e. The fraction of sp³-hybridized carbons (Fsp3) is 0.778. The summed E-state index contributed by atoms with van der Waals surface area (Å²) in [5.41, 5.74) is 0. The number of rotatable bonds is 6. The van der Waals surface area contributed by atoms with Crippen LogP contribution < -0.4 is 5.32 Å². The summed E-state index contributed by atoms with van der Waals surface area (Å²) in [6.07, 6.45) is 1.15. The molecule has 0 spiro atoms. The third-order valence-corrected chi connectivity index (χ3v) is 1.63. The Balaban J connectivity index is 4.15. The molecule has 4 nitrogen and oxygen atoms in total. The van der Waals surface area contributed by atoms with Crippen molar-refractivity contribution in [3.63, 3.8) is 0 Å². The van der Waals surface area contributed by atoms with Gasteiger partial charge in [0.2, 0.25) is 0 Å². The molecule has 0 aliphatic carbocycles. The van der Waals surface area contributed by atoms with Crippen LogP contribution in [0, 0.1) is 0 Å². The van der Waals surface area contributed by atoms with Crippen LogP contribution in [0.1, 0.15) is 26.7 Å². The molecule has 0 aromatic heterocycles. The summed E-state index contributed by atoms with van der Waals surface area (Å²) < 4.78 is 4.74. The predicted molar refractivity (Wildman–Crippen MR) is 49.4 cm³/mol. The SMILES string of the molecule is CCCC(=O)C(NC)C(=O)OCC. The average Bonchev–Trinajstić information content (AvgIpc) is 2.06. The molecule has 13 heavy (non-hydrogen) atoms. The number of Topliss-reactive ketones (excluding diaryl/α,β-unsaturated/α-hetero) is 1. The number of likely N-dealkylation sites (N-methyl/N-ethyl adjacent to an activating group) is 1. The maximum atomic E-state index is 11.3. The van der Waals surface area contributed by atoms with Crippen molar-refractivity contribution in [3.8, 4) is 0 Å². The third-order valence-electron chi connectivity index (χ3n) is 1.63. The van der Waals surface area contributed by atoms with E-state index >= 15 is 0 Å². The van der Waals surface area contributed by atoms with Crippen molar-refractivity contribution in [1.82, 2.24) is 5.32 Å². The fourth-order valence-electron chi connectivity index (χ4n) is 1.03. The zero-order valence-corrected chi connectivity index (χ0v) is 8.42. The van der Waals surface area contributed by atoms with Crippen LogP contribution in [0.5, 0.6) is 0 Å². The Morgan fingerprint density at radius 3 is 2.38 bits per heavy atom.